The Morgan fingerprint density at radius 3 is 2.77 bits per heavy atom. The monoisotopic (exact) mass is 362 g/mol. The summed E-state index contributed by atoms with van der Waals surface area (Å²) in [7, 11) is 1.41. The predicted octanol–water partition coefficient (Wildman–Crippen LogP) is 1.04. The van der Waals surface area contributed by atoms with E-state index in [0.717, 1.165) is 0 Å². The van der Waals surface area contributed by atoms with Crippen LogP contribution in [0.15, 0.2) is 23.0 Å². The molecule has 0 saturated heterocycles. The highest BCUT2D eigenvalue weighted by molar-refractivity contribution is 5.77. The number of benzene rings is 1. The zero-order chi connectivity index (χ0) is 19.1. The van der Waals surface area contributed by atoms with Crippen molar-refractivity contribution in [1.29, 1.82) is 0 Å². The smallest absolute Gasteiger partial charge is 0.312 e. The van der Waals surface area contributed by atoms with Crippen LogP contribution in [-0.2, 0) is 16.0 Å². The van der Waals surface area contributed by atoms with Gasteiger partial charge in [0.05, 0.1) is 25.2 Å². The van der Waals surface area contributed by atoms with Crippen molar-refractivity contribution in [3.63, 3.8) is 0 Å². The zero-order valence-corrected chi connectivity index (χ0v) is 14.8. The van der Waals surface area contributed by atoms with E-state index in [1.807, 2.05) is 0 Å². The fourth-order valence-corrected chi connectivity index (χ4v) is 3.73. The minimum absolute atomic E-state index is 0.0605. The number of aromatic amines is 2. The Balaban J connectivity index is 2.23. The second-order valence-electron chi connectivity index (χ2n) is 6.64. The van der Waals surface area contributed by atoms with Crippen molar-refractivity contribution in [2.75, 3.05) is 13.7 Å². The third kappa shape index (κ3) is 2.86. The second-order valence-corrected chi connectivity index (χ2v) is 6.64. The SMILES string of the molecule is CCOC(=O)[C@H]1[C@@H](c2ccc(O)c(OC)c2)c2c([nH][nH]c2=O)C[C@@]1(C)O. The van der Waals surface area contributed by atoms with Gasteiger partial charge in [0, 0.05) is 23.6 Å². The van der Waals surface area contributed by atoms with Gasteiger partial charge in [-0.3, -0.25) is 14.7 Å². The van der Waals surface area contributed by atoms with E-state index < -0.39 is 23.4 Å². The van der Waals surface area contributed by atoms with Crippen molar-refractivity contribution in [1.82, 2.24) is 10.2 Å². The van der Waals surface area contributed by atoms with Crippen LogP contribution >= 0.6 is 0 Å². The Labute approximate surface area is 149 Å². The summed E-state index contributed by atoms with van der Waals surface area (Å²) in [5.74, 6) is -2.17. The van der Waals surface area contributed by atoms with Gasteiger partial charge in [-0.25, -0.2) is 0 Å². The molecule has 140 valence electrons. The number of carbonyl (C=O) groups excluding carboxylic acids is 1. The van der Waals surface area contributed by atoms with Gasteiger partial charge in [-0.2, -0.15) is 0 Å². The van der Waals surface area contributed by atoms with Crippen molar-refractivity contribution < 1.29 is 24.5 Å². The van der Waals surface area contributed by atoms with Crippen molar-refractivity contribution in [3.05, 3.63) is 45.4 Å². The number of fused-ring (bicyclic) bond motifs is 1. The number of phenols is 1. The van der Waals surface area contributed by atoms with Crippen LogP contribution in [0.2, 0.25) is 0 Å². The molecule has 0 unspecified atom stereocenters. The largest absolute Gasteiger partial charge is 0.504 e. The number of H-pyrrole nitrogens is 2. The molecule has 1 heterocycles. The Hall–Kier alpha value is -2.74. The molecule has 2 aromatic rings. The van der Waals surface area contributed by atoms with Gasteiger partial charge in [0.25, 0.3) is 5.56 Å². The van der Waals surface area contributed by atoms with Crippen LogP contribution in [0.25, 0.3) is 0 Å². The van der Waals surface area contributed by atoms with Gasteiger partial charge in [-0.05, 0) is 31.5 Å². The van der Waals surface area contributed by atoms with E-state index in [1.165, 1.54) is 13.2 Å². The van der Waals surface area contributed by atoms with E-state index in [9.17, 15) is 19.8 Å². The normalized spacial score (nSPS) is 24.8. The molecule has 0 amide bonds. The van der Waals surface area contributed by atoms with E-state index >= 15 is 0 Å². The van der Waals surface area contributed by atoms with Crippen LogP contribution in [0.1, 0.15) is 36.6 Å². The first kappa shape index (κ1) is 18.1. The van der Waals surface area contributed by atoms with E-state index in [2.05, 4.69) is 10.2 Å². The molecule has 0 bridgehead atoms. The lowest BCUT2D eigenvalue weighted by atomic mass is 9.66. The van der Waals surface area contributed by atoms with Crippen LogP contribution in [0, 0.1) is 5.92 Å². The summed E-state index contributed by atoms with van der Waals surface area (Å²) in [6.45, 7) is 3.39. The maximum absolute atomic E-state index is 12.7. The maximum atomic E-state index is 12.7. The third-order valence-corrected chi connectivity index (χ3v) is 4.85. The van der Waals surface area contributed by atoms with Crippen LogP contribution in [-0.4, -0.2) is 45.7 Å². The minimum atomic E-state index is -1.43. The first-order valence-electron chi connectivity index (χ1n) is 8.35. The van der Waals surface area contributed by atoms with E-state index in [4.69, 9.17) is 9.47 Å². The maximum Gasteiger partial charge on any atom is 0.312 e. The van der Waals surface area contributed by atoms with Crippen LogP contribution in [0.3, 0.4) is 0 Å². The number of esters is 1. The number of ether oxygens (including phenoxy) is 2. The highest BCUT2D eigenvalue weighted by Gasteiger charge is 2.51. The molecular weight excluding hydrogens is 340 g/mol. The molecule has 0 radical (unpaired) electrons. The lowest BCUT2D eigenvalue weighted by molar-refractivity contribution is -0.159. The van der Waals surface area contributed by atoms with Crippen molar-refractivity contribution in [2.45, 2.75) is 31.8 Å². The summed E-state index contributed by atoms with van der Waals surface area (Å²) in [5, 5.41) is 26.2. The summed E-state index contributed by atoms with van der Waals surface area (Å²) < 4.78 is 10.3. The molecule has 8 heteroatoms. The van der Waals surface area contributed by atoms with E-state index in [-0.39, 0.29) is 30.1 Å². The molecule has 0 aliphatic heterocycles. The quantitative estimate of drug-likeness (QED) is 0.602. The molecule has 0 fully saturated rings. The first-order chi connectivity index (χ1) is 12.3. The van der Waals surface area contributed by atoms with Gasteiger partial charge in [0.1, 0.15) is 0 Å². The standard InChI is InChI=1S/C18H22N2O6/c1-4-26-17(23)15-13(9-5-6-11(21)12(7-9)25-3)14-10(8-18(15,2)24)19-20-16(14)22/h5-7,13,15,21,24H,4,8H2,1-3H3,(H2,19,20,22)/t13-,15+,18+/m0/s1. The topological polar surface area (TPSA) is 125 Å². The first-order valence-corrected chi connectivity index (χ1v) is 8.35. The number of aliphatic hydroxyl groups is 1. The molecular formula is C18H22N2O6. The highest BCUT2D eigenvalue weighted by Crippen LogP contribution is 2.45. The molecule has 0 saturated carbocycles. The lowest BCUT2D eigenvalue weighted by Gasteiger charge is -2.40. The number of aromatic nitrogens is 2. The summed E-state index contributed by atoms with van der Waals surface area (Å²) >= 11 is 0. The van der Waals surface area contributed by atoms with Gasteiger partial charge in [0.2, 0.25) is 0 Å². The molecule has 1 aromatic heterocycles. The Kier molecular flexibility index (Phi) is 4.53. The number of hydrogen-bond donors (Lipinski definition) is 4. The second kappa shape index (κ2) is 6.53. The predicted molar refractivity (Wildman–Crippen MR) is 92.4 cm³/mol. The van der Waals surface area contributed by atoms with Gasteiger partial charge in [0.15, 0.2) is 11.5 Å². The Bertz CT molecular complexity index is 882. The molecule has 0 spiro atoms. The van der Waals surface area contributed by atoms with Crippen molar-refractivity contribution in [3.8, 4) is 11.5 Å². The number of methoxy groups -OCH3 is 1. The van der Waals surface area contributed by atoms with Crippen molar-refractivity contribution >= 4 is 5.97 Å². The zero-order valence-electron chi connectivity index (χ0n) is 14.8. The summed E-state index contributed by atoms with van der Waals surface area (Å²) in [4.78, 5) is 25.1. The molecule has 1 aliphatic rings. The molecule has 26 heavy (non-hydrogen) atoms. The average Bonchev–Trinajstić information content (AvgIpc) is 2.93. The highest BCUT2D eigenvalue weighted by atomic mass is 16.5. The number of phenolic OH excluding ortho intramolecular Hbond substituents is 1. The van der Waals surface area contributed by atoms with Gasteiger partial charge in [-0.1, -0.05) is 6.07 Å². The molecule has 3 atom stereocenters. The number of hydrogen-bond acceptors (Lipinski definition) is 6. The molecule has 1 aliphatic carbocycles. The van der Waals surface area contributed by atoms with Gasteiger partial charge in [-0.15, -0.1) is 0 Å². The van der Waals surface area contributed by atoms with Crippen LogP contribution in [0.5, 0.6) is 11.5 Å². The number of carbonyl (C=O) groups is 1. The summed E-state index contributed by atoms with van der Waals surface area (Å²) in [6.07, 6.45) is 0.107. The lowest BCUT2D eigenvalue weighted by Crippen LogP contribution is -2.50. The summed E-state index contributed by atoms with van der Waals surface area (Å²) in [5.41, 5.74) is -0.314. The average molecular weight is 362 g/mol. The van der Waals surface area contributed by atoms with Gasteiger partial charge >= 0.3 is 5.97 Å². The van der Waals surface area contributed by atoms with Crippen LogP contribution < -0.4 is 10.3 Å². The Morgan fingerprint density at radius 1 is 1.38 bits per heavy atom. The summed E-state index contributed by atoms with van der Waals surface area (Å²) in [6, 6.07) is 4.59. The molecule has 3 rings (SSSR count). The van der Waals surface area contributed by atoms with E-state index in [1.54, 1.807) is 26.0 Å². The van der Waals surface area contributed by atoms with Crippen LogP contribution in [0.4, 0.5) is 0 Å². The fraction of sp³-hybridized carbons (Fsp3) is 0.444. The molecule has 4 N–H and O–H groups in total. The van der Waals surface area contributed by atoms with E-state index in [0.29, 0.717) is 16.8 Å². The van der Waals surface area contributed by atoms with Gasteiger partial charge < -0.3 is 24.8 Å². The molecule has 1 aromatic carbocycles. The third-order valence-electron chi connectivity index (χ3n) is 4.85. The fourth-order valence-electron chi connectivity index (χ4n) is 3.73. The Morgan fingerprint density at radius 2 is 2.12 bits per heavy atom. The minimum Gasteiger partial charge on any atom is -0.504 e. The number of rotatable bonds is 4. The number of aromatic hydroxyl groups is 1. The van der Waals surface area contributed by atoms with Crippen molar-refractivity contribution in [2.24, 2.45) is 5.92 Å². The molecule has 8 nitrogen and oxygen atoms in total. The number of nitrogens with one attached hydrogen (secondary N) is 2.